The molecule has 0 atom stereocenters. The Hall–Kier alpha value is -0.910. The summed E-state index contributed by atoms with van der Waals surface area (Å²) in [6.07, 6.45) is 1.64. The van der Waals surface area contributed by atoms with Gasteiger partial charge in [0.15, 0.2) is 0 Å². The lowest BCUT2D eigenvalue weighted by molar-refractivity contribution is 0.190. The largest absolute Gasteiger partial charge is 0.383 e. The zero-order chi connectivity index (χ0) is 11.8. The SMILES string of the molecule is COCCN(CCOC)c1ccnc(Cl)n1. The molecule has 0 spiro atoms. The highest BCUT2D eigenvalue weighted by atomic mass is 35.5. The Bertz CT molecular complexity index is 304. The maximum Gasteiger partial charge on any atom is 0.224 e. The van der Waals surface area contributed by atoms with Gasteiger partial charge in [-0.2, -0.15) is 0 Å². The van der Waals surface area contributed by atoms with Gasteiger partial charge >= 0.3 is 0 Å². The Kier molecular flexibility index (Phi) is 6.07. The van der Waals surface area contributed by atoms with Crippen molar-refractivity contribution in [3.8, 4) is 0 Å². The lowest BCUT2D eigenvalue weighted by atomic mass is 10.4. The average molecular weight is 246 g/mol. The Morgan fingerprint density at radius 2 is 1.88 bits per heavy atom. The summed E-state index contributed by atoms with van der Waals surface area (Å²) in [5.74, 6) is 0.786. The van der Waals surface area contributed by atoms with E-state index in [1.165, 1.54) is 0 Å². The first-order valence-corrected chi connectivity index (χ1v) is 5.37. The summed E-state index contributed by atoms with van der Waals surface area (Å²) in [7, 11) is 3.34. The number of ether oxygens (including phenoxy) is 2. The van der Waals surface area contributed by atoms with Gasteiger partial charge in [-0.3, -0.25) is 0 Å². The quantitative estimate of drug-likeness (QED) is 0.677. The van der Waals surface area contributed by atoms with Crippen LogP contribution < -0.4 is 4.90 Å². The number of anilines is 1. The molecule has 0 unspecified atom stereocenters. The van der Waals surface area contributed by atoms with Crippen molar-refractivity contribution in [3.05, 3.63) is 17.5 Å². The first-order chi connectivity index (χ1) is 7.77. The molecule has 0 aromatic carbocycles. The number of rotatable bonds is 7. The van der Waals surface area contributed by atoms with E-state index in [1.807, 2.05) is 11.0 Å². The van der Waals surface area contributed by atoms with Gasteiger partial charge in [-0.15, -0.1) is 0 Å². The predicted octanol–water partition coefficient (Wildman–Crippen LogP) is 1.23. The first kappa shape index (κ1) is 13.2. The number of aromatic nitrogens is 2. The Labute approximate surface area is 100 Å². The fraction of sp³-hybridized carbons (Fsp3) is 0.600. The second-order valence-electron chi connectivity index (χ2n) is 3.16. The predicted molar refractivity (Wildman–Crippen MR) is 63.0 cm³/mol. The molecule has 5 nitrogen and oxygen atoms in total. The van der Waals surface area contributed by atoms with Crippen LogP contribution in [0.5, 0.6) is 0 Å². The molecule has 16 heavy (non-hydrogen) atoms. The smallest absolute Gasteiger partial charge is 0.224 e. The van der Waals surface area contributed by atoms with Gasteiger partial charge in [0.25, 0.3) is 0 Å². The zero-order valence-corrected chi connectivity index (χ0v) is 10.3. The van der Waals surface area contributed by atoms with Crippen LogP contribution in [0, 0.1) is 0 Å². The van der Waals surface area contributed by atoms with Crippen LogP contribution in [0.1, 0.15) is 0 Å². The fourth-order valence-electron chi connectivity index (χ4n) is 1.25. The van der Waals surface area contributed by atoms with Crippen molar-refractivity contribution in [1.29, 1.82) is 0 Å². The van der Waals surface area contributed by atoms with Crippen molar-refractivity contribution in [1.82, 2.24) is 9.97 Å². The van der Waals surface area contributed by atoms with E-state index in [9.17, 15) is 0 Å². The summed E-state index contributed by atoms with van der Waals surface area (Å²) >= 11 is 5.75. The van der Waals surface area contributed by atoms with E-state index in [0.29, 0.717) is 13.2 Å². The molecular weight excluding hydrogens is 230 g/mol. The summed E-state index contributed by atoms with van der Waals surface area (Å²) in [6, 6.07) is 1.82. The summed E-state index contributed by atoms with van der Waals surface area (Å²) in [5, 5.41) is 0.248. The van der Waals surface area contributed by atoms with Gasteiger partial charge in [-0.05, 0) is 17.7 Å². The van der Waals surface area contributed by atoms with E-state index in [4.69, 9.17) is 21.1 Å². The summed E-state index contributed by atoms with van der Waals surface area (Å²) < 4.78 is 10.1. The van der Waals surface area contributed by atoms with Crippen LogP contribution >= 0.6 is 11.6 Å². The van der Waals surface area contributed by atoms with Crippen molar-refractivity contribution in [2.24, 2.45) is 0 Å². The molecule has 0 N–H and O–H groups in total. The molecule has 0 aliphatic carbocycles. The molecule has 90 valence electrons. The van der Waals surface area contributed by atoms with Gasteiger partial charge in [-0.25, -0.2) is 9.97 Å². The number of halogens is 1. The van der Waals surface area contributed by atoms with Gasteiger partial charge in [0.2, 0.25) is 5.28 Å². The maximum atomic E-state index is 5.75. The van der Waals surface area contributed by atoms with Crippen LogP contribution in [0.2, 0.25) is 5.28 Å². The van der Waals surface area contributed by atoms with E-state index < -0.39 is 0 Å². The van der Waals surface area contributed by atoms with E-state index >= 15 is 0 Å². The number of methoxy groups -OCH3 is 2. The zero-order valence-electron chi connectivity index (χ0n) is 9.52. The molecule has 0 aliphatic heterocycles. The lowest BCUT2D eigenvalue weighted by Crippen LogP contribution is -2.31. The molecule has 1 aromatic rings. The first-order valence-electron chi connectivity index (χ1n) is 4.99. The van der Waals surface area contributed by atoms with Gasteiger partial charge < -0.3 is 14.4 Å². The van der Waals surface area contributed by atoms with E-state index in [-0.39, 0.29) is 5.28 Å². The molecule has 1 rings (SSSR count). The molecule has 0 bridgehead atoms. The Morgan fingerprint density at radius 3 is 2.38 bits per heavy atom. The Balaban J connectivity index is 2.66. The molecule has 0 fully saturated rings. The number of nitrogens with zero attached hydrogens (tertiary/aromatic N) is 3. The van der Waals surface area contributed by atoms with Gasteiger partial charge in [0, 0.05) is 33.5 Å². The van der Waals surface area contributed by atoms with Crippen LogP contribution in [-0.4, -0.2) is 50.5 Å². The minimum absolute atomic E-state index is 0.248. The normalized spacial score (nSPS) is 10.4. The second-order valence-corrected chi connectivity index (χ2v) is 3.49. The summed E-state index contributed by atoms with van der Waals surface area (Å²) in [4.78, 5) is 10.0. The second kappa shape index (κ2) is 7.38. The monoisotopic (exact) mass is 245 g/mol. The molecule has 0 saturated heterocycles. The van der Waals surface area contributed by atoms with Crippen molar-refractivity contribution in [3.63, 3.8) is 0 Å². The van der Waals surface area contributed by atoms with Gasteiger partial charge in [-0.1, -0.05) is 0 Å². The van der Waals surface area contributed by atoms with Crippen molar-refractivity contribution >= 4 is 17.4 Å². The van der Waals surface area contributed by atoms with Crippen molar-refractivity contribution in [2.75, 3.05) is 45.4 Å². The molecule has 0 saturated carbocycles. The van der Waals surface area contributed by atoms with Crippen molar-refractivity contribution in [2.45, 2.75) is 0 Å². The maximum absolute atomic E-state index is 5.75. The molecule has 0 aliphatic rings. The third-order valence-electron chi connectivity index (χ3n) is 2.07. The van der Waals surface area contributed by atoms with Gasteiger partial charge in [0.05, 0.1) is 13.2 Å². The molecule has 1 aromatic heterocycles. The summed E-state index contributed by atoms with van der Waals surface area (Å²) in [6.45, 7) is 2.75. The molecule has 1 heterocycles. The molecule has 6 heteroatoms. The molecule has 0 radical (unpaired) electrons. The number of hydrogen-bond acceptors (Lipinski definition) is 5. The highest BCUT2D eigenvalue weighted by Crippen LogP contribution is 2.11. The summed E-state index contributed by atoms with van der Waals surface area (Å²) in [5.41, 5.74) is 0. The van der Waals surface area contributed by atoms with Crippen molar-refractivity contribution < 1.29 is 9.47 Å². The van der Waals surface area contributed by atoms with E-state index in [0.717, 1.165) is 18.9 Å². The minimum atomic E-state index is 0.248. The van der Waals surface area contributed by atoms with Gasteiger partial charge in [0.1, 0.15) is 5.82 Å². The molecular formula is C10H16ClN3O2. The lowest BCUT2D eigenvalue weighted by Gasteiger charge is -2.22. The van der Waals surface area contributed by atoms with E-state index in [1.54, 1.807) is 20.4 Å². The topological polar surface area (TPSA) is 47.5 Å². The van der Waals surface area contributed by atoms with Crippen LogP contribution in [0.15, 0.2) is 12.3 Å². The van der Waals surface area contributed by atoms with E-state index in [2.05, 4.69) is 9.97 Å². The minimum Gasteiger partial charge on any atom is -0.383 e. The fourth-order valence-corrected chi connectivity index (χ4v) is 1.39. The standard InChI is InChI=1S/C10H16ClN3O2/c1-15-7-5-14(6-8-16-2)9-3-4-12-10(11)13-9/h3-4H,5-8H2,1-2H3. The van der Waals surface area contributed by atoms with Crippen LogP contribution in [-0.2, 0) is 9.47 Å². The number of hydrogen-bond donors (Lipinski definition) is 0. The van der Waals surface area contributed by atoms with Crippen LogP contribution in [0.3, 0.4) is 0 Å². The third kappa shape index (κ3) is 4.30. The Morgan fingerprint density at radius 1 is 1.25 bits per heavy atom. The average Bonchev–Trinajstić information content (AvgIpc) is 2.29. The highest BCUT2D eigenvalue weighted by molar-refractivity contribution is 6.28. The van der Waals surface area contributed by atoms with Crippen LogP contribution in [0.4, 0.5) is 5.82 Å². The third-order valence-corrected chi connectivity index (χ3v) is 2.25. The molecule has 0 amide bonds. The van der Waals surface area contributed by atoms with Crippen LogP contribution in [0.25, 0.3) is 0 Å². The highest BCUT2D eigenvalue weighted by Gasteiger charge is 2.08.